The van der Waals surface area contributed by atoms with Crippen molar-refractivity contribution in [1.82, 2.24) is 20.8 Å². The summed E-state index contributed by atoms with van der Waals surface area (Å²) in [6.07, 6.45) is 3.21. The zero-order valence-electron chi connectivity index (χ0n) is 14.2. The predicted octanol–water partition coefficient (Wildman–Crippen LogP) is 1.44. The molecule has 2 saturated heterocycles. The number of hydrogen-bond acceptors (Lipinski definition) is 7. The zero-order valence-corrected chi connectivity index (χ0v) is 14.2. The normalized spacial score (nSPS) is 23.7. The fourth-order valence-corrected chi connectivity index (χ4v) is 3.46. The maximum Gasteiger partial charge on any atom is 0.421 e. The van der Waals surface area contributed by atoms with Gasteiger partial charge in [0.1, 0.15) is 5.75 Å². The van der Waals surface area contributed by atoms with Crippen LogP contribution < -0.4 is 20.7 Å². The summed E-state index contributed by atoms with van der Waals surface area (Å²) in [4.78, 5) is 23.3. The number of carbonyl (C=O) groups excluding carboxylic acids is 2. The van der Waals surface area contributed by atoms with Gasteiger partial charge in [0.05, 0.1) is 0 Å². The number of nitrogens with zero attached hydrogens (tertiary/aromatic N) is 2. The Balaban J connectivity index is 1.35. The average Bonchev–Trinajstić information content (AvgIpc) is 3.32. The summed E-state index contributed by atoms with van der Waals surface area (Å²) in [7, 11) is 0. The summed E-state index contributed by atoms with van der Waals surface area (Å²) in [5, 5.41) is 16.3. The van der Waals surface area contributed by atoms with Crippen molar-refractivity contribution >= 4 is 17.8 Å². The molecular weight excluding hydrogens is 338 g/mol. The van der Waals surface area contributed by atoms with Crippen molar-refractivity contribution in [2.45, 2.75) is 44.3 Å². The number of hydrogen-bond donors (Lipinski definition) is 3. The van der Waals surface area contributed by atoms with E-state index in [2.05, 4.69) is 26.1 Å². The number of nitrogens with one attached hydrogen (secondary N) is 3. The van der Waals surface area contributed by atoms with E-state index in [1.54, 1.807) is 24.3 Å². The molecule has 4 rings (SSSR count). The molecule has 26 heavy (non-hydrogen) atoms. The van der Waals surface area contributed by atoms with Crippen LogP contribution in [0.15, 0.2) is 28.7 Å². The molecule has 3 heterocycles. The van der Waals surface area contributed by atoms with Crippen LogP contribution in [0.5, 0.6) is 11.8 Å². The van der Waals surface area contributed by atoms with Gasteiger partial charge in [0.25, 0.3) is 5.91 Å². The van der Waals surface area contributed by atoms with Gasteiger partial charge in [-0.05, 0) is 43.5 Å². The smallest absolute Gasteiger partial charge is 0.410 e. The lowest BCUT2D eigenvalue weighted by Crippen LogP contribution is -2.42. The lowest BCUT2D eigenvalue weighted by Gasteiger charge is -2.21. The van der Waals surface area contributed by atoms with E-state index in [1.807, 2.05) is 0 Å². The van der Waals surface area contributed by atoms with Gasteiger partial charge in [-0.25, -0.2) is 0 Å². The number of amides is 2. The number of ether oxygens (including phenoxy) is 1. The molecule has 0 aliphatic carbocycles. The number of anilines is 1. The number of benzene rings is 1. The van der Waals surface area contributed by atoms with Crippen molar-refractivity contribution in [2.75, 3.05) is 5.32 Å². The molecule has 0 saturated carbocycles. The van der Waals surface area contributed by atoms with Crippen LogP contribution in [0.3, 0.4) is 0 Å². The molecule has 1 aromatic carbocycles. The first kappa shape index (κ1) is 16.5. The Morgan fingerprint density at radius 2 is 2.04 bits per heavy atom. The zero-order chi connectivity index (χ0) is 18.1. The first-order valence-corrected chi connectivity index (χ1v) is 8.53. The molecule has 3 atom stereocenters. The monoisotopic (exact) mass is 357 g/mol. The summed E-state index contributed by atoms with van der Waals surface area (Å²) >= 11 is 0. The highest BCUT2D eigenvalue weighted by molar-refractivity contribution is 5.94. The number of rotatable bonds is 5. The van der Waals surface area contributed by atoms with Gasteiger partial charge in [0.15, 0.2) is 0 Å². The highest BCUT2D eigenvalue weighted by atomic mass is 16.6. The Bertz CT molecular complexity index is 819. The van der Waals surface area contributed by atoms with E-state index in [0.29, 0.717) is 23.4 Å². The molecule has 2 amide bonds. The van der Waals surface area contributed by atoms with Gasteiger partial charge in [-0.15, -0.1) is 0 Å². The molecular formula is C17H19N5O4. The fourth-order valence-electron chi connectivity index (χ4n) is 3.46. The van der Waals surface area contributed by atoms with Crippen molar-refractivity contribution in [3.05, 3.63) is 29.8 Å². The van der Waals surface area contributed by atoms with Gasteiger partial charge in [-0.1, -0.05) is 10.2 Å². The lowest BCUT2D eigenvalue weighted by atomic mass is 9.95. The Morgan fingerprint density at radius 1 is 1.23 bits per heavy atom. The minimum Gasteiger partial charge on any atom is -0.410 e. The van der Waals surface area contributed by atoms with Gasteiger partial charge in [-0.3, -0.25) is 14.9 Å². The lowest BCUT2D eigenvalue weighted by molar-refractivity contribution is -0.114. The molecule has 1 aromatic heterocycles. The van der Waals surface area contributed by atoms with Crippen LogP contribution in [0.4, 0.5) is 6.01 Å². The van der Waals surface area contributed by atoms with E-state index in [-0.39, 0.29) is 29.9 Å². The second-order valence-electron chi connectivity index (χ2n) is 6.54. The van der Waals surface area contributed by atoms with Crippen LogP contribution in [-0.2, 0) is 4.79 Å². The summed E-state index contributed by atoms with van der Waals surface area (Å²) < 4.78 is 10.5. The molecule has 2 aliphatic rings. The average molecular weight is 357 g/mol. The topological polar surface area (TPSA) is 118 Å². The first-order valence-electron chi connectivity index (χ1n) is 8.53. The molecule has 2 aliphatic heterocycles. The van der Waals surface area contributed by atoms with E-state index in [1.165, 1.54) is 13.3 Å². The minimum atomic E-state index is -0.318. The molecule has 136 valence electrons. The highest BCUT2D eigenvalue weighted by Gasteiger charge is 2.39. The molecule has 9 nitrogen and oxygen atoms in total. The maximum absolute atomic E-state index is 12.4. The number of fused-ring (bicyclic) bond motifs is 2. The molecule has 0 radical (unpaired) electrons. The standard InChI is InChI=1S/C17H19N5O4/c1-9(23)18-16-21-22-17(26-16)25-12-5-2-10(3-6-12)15(24)20-14-8-11-4-7-13(14)19-11/h2-3,5-6,11,13-14,19H,4,7-8H2,1H3,(H,20,24)(H,18,21,23). The van der Waals surface area contributed by atoms with E-state index in [0.717, 1.165) is 12.8 Å². The summed E-state index contributed by atoms with van der Waals surface area (Å²) in [5.41, 5.74) is 0.560. The quantitative estimate of drug-likeness (QED) is 0.741. The molecule has 0 spiro atoms. The molecule has 9 heteroatoms. The van der Waals surface area contributed by atoms with Crippen molar-refractivity contribution in [2.24, 2.45) is 0 Å². The Morgan fingerprint density at radius 3 is 2.69 bits per heavy atom. The fraction of sp³-hybridized carbons (Fsp3) is 0.412. The van der Waals surface area contributed by atoms with E-state index >= 15 is 0 Å². The molecule has 2 fully saturated rings. The predicted molar refractivity (Wildman–Crippen MR) is 90.9 cm³/mol. The maximum atomic E-state index is 12.4. The van der Waals surface area contributed by atoms with Gasteiger partial charge in [0, 0.05) is 30.6 Å². The first-order chi connectivity index (χ1) is 12.6. The third-order valence-corrected chi connectivity index (χ3v) is 4.63. The SMILES string of the molecule is CC(=O)Nc1nnc(Oc2ccc(C(=O)NC3CC4CCC3N4)cc2)o1. The highest BCUT2D eigenvalue weighted by Crippen LogP contribution is 2.28. The second-order valence-corrected chi connectivity index (χ2v) is 6.54. The van der Waals surface area contributed by atoms with E-state index < -0.39 is 0 Å². The largest absolute Gasteiger partial charge is 0.421 e. The third-order valence-electron chi connectivity index (χ3n) is 4.63. The van der Waals surface area contributed by atoms with Gasteiger partial charge < -0.3 is 19.8 Å². The van der Waals surface area contributed by atoms with Crippen LogP contribution in [0.25, 0.3) is 0 Å². The van der Waals surface area contributed by atoms with E-state index in [4.69, 9.17) is 9.15 Å². The Kier molecular flexibility index (Phi) is 4.29. The molecule has 2 aromatic rings. The molecule has 3 unspecified atom stereocenters. The van der Waals surface area contributed by atoms with Crippen LogP contribution in [0.2, 0.25) is 0 Å². The minimum absolute atomic E-state index is 0.0389. The Hall–Kier alpha value is -2.94. The van der Waals surface area contributed by atoms with Gasteiger partial charge >= 0.3 is 12.1 Å². The summed E-state index contributed by atoms with van der Waals surface area (Å²) in [5.74, 6) is 0.0315. The van der Waals surface area contributed by atoms with Gasteiger partial charge in [-0.2, -0.15) is 0 Å². The van der Waals surface area contributed by atoms with Gasteiger partial charge in [0.2, 0.25) is 5.91 Å². The van der Waals surface area contributed by atoms with Crippen LogP contribution in [-0.4, -0.2) is 40.1 Å². The second kappa shape index (κ2) is 6.75. The van der Waals surface area contributed by atoms with Crippen molar-refractivity contribution in [3.8, 4) is 11.8 Å². The van der Waals surface area contributed by atoms with Crippen LogP contribution in [0.1, 0.15) is 36.5 Å². The molecule has 3 N–H and O–H groups in total. The Labute approximate surface area is 149 Å². The van der Waals surface area contributed by atoms with Crippen molar-refractivity contribution in [3.63, 3.8) is 0 Å². The van der Waals surface area contributed by atoms with E-state index in [9.17, 15) is 9.59 Å². The summed E-state index contributed by atoms with van der Waals surface area (Å²) in [6.45, 7) is 1.33. The van der Waals surface area contributed by atoms with Crippen LogP contribution in [0, 0.1) is 0 Å². The number of carbonyl (C=O) groups is 2. The number of aromatic nitrogens is 2. The van der Waals surface area contributed by atoms with Crippen LogP contribution >= 0.6 is 0 Å². The summed E-state index contributed by atoms with van der Waals surface area (Å²) in [6, 6.07) is 7.74. The molecule has 2 bridgehead atoms. The third kappa shape index (κ3) is 3.52. The van der Waals surface area contributed by atoms with Crippen molar-refractivity contribution in [1.29, 1.82) is 0 Å². The van der Waals surface area contributed by atoms with Crippen molar-refractivity contribution < 1.29 is 18.7 Å².